The van der Waals surface area contributed by atoms with Crippen molar-refractivity contribution in [3.8, 4) is 0 Å². The van der Waals surface area contributed by atoms with Crippen LogP contribution in [0.25, 0.3) is 0 Å². The first kappa shape index (κ1) is 31.9. The number of rotatable bonds is 24. The van der Waals surface area contributed by atoms with E-state index in [9.17, 15) is 9.59 Å². The van der Waals surface area contributed by atoms with Gasteiger partial charge in [-0.1, -0.05) is 129 Å². The van der Waals surface area contributed by atoms with E-state index < -0.39 is 5.41 Å². The predicted octanol–water partition coefficient (Wildman–Crippen LogP) is 8.94. The summed E-state index contributed by atoms with van der Waals surface area (Å²) in [5, 5.41) is 0. The summed E-state index contributed by atoms with van der Waals surface area (Å²) >= 11 is 0. The number of esters is 2. The third kappa shape index (κ3) is 15.5. The van der Waals surface area contributed by atoms with E-state index >= 15 is 0 Å². The largest absolute Gasteiger partial charge is 0.465 e. The van der Waals surface area contributed by atoms with Crippen molar-refractivity contribution in [2.75, 3.05) is 13.2 Å². The van der Waals surface area contributed by atoms with Crippen molar-refractivity contribution in [3.05, 3.63) is 0 Å². The van der Waals surface area contributed by atoms with Gasteiger partial charge in [0.05, 0.1) is 13.2 Å². The van der Waals surface area contributed by atoms with Gasteiger partial charge in [0.2, 0.25) is 0 Å². The van der Waals surface area contributed by atoms with Gasteiger partial charge in [0.25, 0.3) is 0 Å². The molecule has 0 bridgehead atoms. The highest BCUT2D eigenvalue weighted by atomic mass is 16.6. The second-order valence-electron chi connectivity index (χ2n) is 9.68. The van der Waals surface area contributed by atoms with Crippen LogP contribution in [0, 0.1) is 5.41 Å². The summed E-state index contributed by atoms with van der Waals surface area (Å²) in [7, 11) is 0. The fourth-order valence-electron chi connectivity index (χ4n) is 4.63. The average molecular weight is 469 g/mol. The van der Waals surface area contributed by atoms with Crippen molar-refractivity contribution in [2.45, 2.75) is 156 Å². The van der Waals surface area contributed by atoms with Crippen molar-refractivity contribution >= 4 is 11.9 Å². The van der Waals surface area contributed by atoms with E-state index in [1.165, 1.54) is 89.9 Å². The fraction of sp³-hybridized carbons (Fsp3) is 0.931. The molecule has 196 valence electrons. The van der Waals surface area contributed by atoms with Crippen LogP contribution in [0.15, 0.2) is 0 Å². The molecular formula is C29H56O4. The molecule has 0 N–H and O–H groups in total. The van der Waals surface area contributed by atoms with Gasteiger partial charge in [-0.05, 0) is 26.7 Å². The number of carbonyl (C=O) groups excluding carboxylic acids is 2. The zero-order chi connectivity index (χ0) is 24.6. The topological polar surface area (TPSA) is 52.6 Å². The Labute approximate surface area is 206 Å². The van der Waals surface area contributed by atoms with Gasteiger partial charge in [0.15, 0.2) is 5.41 Å². The Morgan fingerprint density at radius 1 is 0.455 bits per heavy atom. The lowest BCUT2D eigenvalue weighted by atomic mass is 9.77. The Morgan fingerprint density at radius 3 is 1.00 bits per heavy atom. The number of hydrogen-bond acceptors (Lipinski definition) is 4. The van der Waals surface area contributed by atoms with E-state index in [-0.39, 0.29) is 11.9 Å². The maximum absolute atomic E-state index is 13.0. The van der Waals surface area contributed by atoms with Gasteiger partial charge < -0.3 is 9.47 Å². The highest BCUT2D eigenvalue weighted by Gasteiger charge is 2.47. The molecule has 0 atom stereocenters. The molecule has 0 fully saturated rings. The first-order valence-corrected chi connectivity index (χ1v) is 14.4. The van der Waals surface area contributed by atoms with E-state index in [1.807, 2.05) is 13.8 Å². The van der Waals surface area contributed by atoms with Crippen LogP contribution in [0.4, 0.5) is 0 Å². The van der Waals surface area contributed by atoms with Gasteiger partial charge in [-0.25, -0.2) is 0 Å². The Bertz CT molecular complexity index is 419. The van der Waals surface area contributed by atoms with Crippen molar-refractivity contribution in [2.24, 2.45) is 5.41 Å². The molecule has 0 radical (unpaired) electrons. The maximum atomic E-state index is 13.0. The summed E-state index contributed by atoms with van der Waals surface area (Å²) in [6.07, 6.45) is 22.9. The molecule has 0 rings (SSSR count). The summed E-state index contributed by atoms with van der Waals surface area (Å²) < 4.78 is 10.8. The Kier molecular flexibility index (Phi) is 22.0. The normalized spacial score (nSPS) is 11.5. The monoisotopic (exact) mass is 468 g/mol. The molecule has 0 spiro atoms. The Morgan fingerprint density at radius 2 is 0.727 bits per heavy atom. The van der Waals surface area contributed by atoms with Crippen molar-refractivity contribution in [1.82, 2.24) is 0 Å². The van der Waals surface area contributed by atoms with Crippen LogP contribution in [0.5, 0.6) is 0 Å². The lowest BCUT2D eigenvalue weighted by Gasteiger charge is -2.29. The third-order valence-corrected chi connectivity index (χ3v) is 6.75. The summed E-state index contributed by atoms with van der Waals surface area (Å²) in [5.41, 5.74) is -1.12. The van der Waals surface area contributed by atoms with Crippen LogP contribution in [-0.4, -0.2) is 25.2 Å². The lowest BCUT2D eigenvalue weighted by molar-refractivity contribution is -0.173. The molecule has 0 saturated heterocycles. The number of unbranched alkanes of at least 4 members (excludes halogenated alkanes) is 16. The first-order chi connectivity index (χ1) is 16.1. The second-order valence-corrected chi connectivity index (χ2v) is 9.68. The van der Waals surface area contributed by atoms with E-state index in [4.69, 9.17) is 9.47 Å². The van der Waals surface area contributed by atoms with Gasteiger partial charge >= 0.3 is 11.9 Å². The van der Waals surface area contributed by atoms with Crippen molar-refractivity contribution in [3.63, 3.8) is 0 Å². The molecule has 0 aromatic heterocycles. The van der Waals surface area contributed by atoms with Crippen LogP contribution < -0.4 is 0 Å². The molecule has 0 saturated carbocycles. The summed E-state index contributed by atoms with van der Waals surface area (Å²) in [6.45, 7) is 8.71. The molecule has 0 aliphatic rings. The standard InChI is InChI=1S/C29H56O4/c1-5-9-11-13-15-17-19-21-23-25-29(27(30)32-7-3,28(31)33-8-4)26-24-22-20-18-16-14-12-10-6-2/h5-26H2,1-4H3. The van der Waals surface area contributed by atoms with Crippen LogP contribution in [0.2, 0.25) is 0 Å². The van der Waals surface area contributed by atoms with Gasteiger partial charge in [0.1, 0.15) is 0 Å². The third-order valence-electron chi connectivity index (χ3n) is 6.75. The quantitative estimate of drug-likeness (QED) is 0.0805. The van der Waals surface area contributed by atoms with Gasteiger partial charge in [-0.3, -0.25) is 9.59 Å². The minimum Gasteiger partial charge on any atom is -0.465 e. The van der Waals surface area contributed by atoms with Crippen LogP contribution >= 0.6 is 0 Å². The molecule has 0 heterocycles. The molecule has 4 heteroatoms. The minimum absolute atomic E-state index is 0.301. The zero-order valence-corrected chi connectivity index (χ0v) is 22.7. The number of carbonyl (C=O) groups is 2. The van der Waals surface area contributed by atoms with Crippen LogP contribution in [-0.2, 0) is 19.1 Å². The van der Waals surface area contributed by atoms with Crippen molar-refractivity contribution in [1.29, 1.82) is 0 Å². The Balaban J connectivity index is 4.63. The smallest absolute Gasteiger partial charge is 0.323 e. The van der Waals surface area contributed by atoms with Crippen LogP contribution in [0.3, 0.4) is 0 Å². The molecule has 0 aromatic carbocycles. The van der Waals surface area contributed by atoms with Crippen LogP contribution in [0.1, 0.15) is 156 Å². The number of hydrogen-bond donors (Lipinski definition) is 0. The summed E-state index contributed by atoms with van der Waals surface area (Å²) in [5.74, 6) is -0.745. The van der Waals surface area contributed by atoms with E-state index in [2.05, 4.69) is 13.8 Å². The lowest BCUT2D eigenvalue weighted by Crippen LogP contribution is -2.42. The predicted molar refractivity (Wildman–Crippen MR) is 139 cm³/mol. The summed E-state index contributed by atoms with van der Waals surface area (Å²) in [4.78, 5) is 26.0. The molecule has 0 aliphatic heterocycles. The molecule has 0 aliphatic carbocycles. The Hall–Kier alpha value is -1.06. The minimum atomic E-state index is -1.12. The SMILES string of the molecule is CCCCCCCCCCCC(CCCCCCCCCCC)(C(=O)OCC)C(=O)OCC. The molecular weight excluding hydrogens is 412 g/mol. The summed E-state index contributed by atoms with van der Waals surface area (Å²) in [6, 6.07) is 0. The van der Waals surface area contributed by atoms with E-state index in [0.29, 0.717) is 26.1 Å². The number of ether oxygens (including phenoxy) is 2. The highest BCUT2D eigenvalue weighted by molar-refractivity contribution is 6.00. The van der Waals surface area contributed by atoms with Gasteiger partial charge in [-0.2, -0.15) is 0 Å². The van der Waals surface area contributed by atoms with Gasteiger partial charge in [-0.15, -0.1) is 0 Å². The van der Waals surface area contributed by atoms with E-state index in [1.54, 1.807) is 0 Å². The molecule has 33 heavy (non-hydrogen) atoms. The van der Waals surface area contributed by atoms with Gasteiger partial charge in [0, 0.05) is 0 Å². The molecule has 4 nitrogen and oxygen atoms in total. The first-order valence-electron chi connectivity index (χ1n) is 14.4. The van der Waals surface area contributed by atoms with Crippen molar-refractivity contribution < 1.29 is 19.1 Å². The molecule has 0 amide bonds. The molecule has 0 aromatic rings. The molecule has 0 unspecified atom stereocenters. The van der Waals surface area contributed by atoms with E-state index in [0.717, 1.165) is 25.7 Å². The second kappa shape index (κ2) is 22.7. The maximum Gasteiger partial charge on any atom is 0.323 e. The zero-order valence-electron chi connectivity index (χ0n) is 22.7. The highest BCUT2D eigenvalue weighted by Crippen LogP contribution is 2.35. The fourth-order valence-corrected chi connectivity index (χ4v) is 4.63. The average Bonchev–Trinajstić information content (AvgIpc) is 2.80.